The van der Waals surface area contributed by atoms with E-state index >= 15 is 0 Å². The average molecular weight is 463 g/mol. The Labute approximate surface area is 190 Å². The van der Waals surface area contributed by atoms with E-state index in [9.17, 15) is 9.18 Å². The third-order valence-electron chi connectivity index (χ3n) is 4.63. The van der Waals surface area contributed by atoms with Crippen LogP contribution in [0, 0.1) is 5.82 Å². The second kappa shape index (κ2) is 10.6. The van der Waals surface area contributed by atoms with Crippen molar-refractivity contribution >= 4 is 35.0 Å². The summed E-state index contributed by atoms with van der Waals surface area (Å²) in [5.41, 5.74) is 1.91. The smallest absolute Gasteiger partial charge is 0.234 e. The van der Waals surface area contributed by atoms with Crippen molar-refractivity contribution in [2.45, 2.75) is 45.0 Å². The molecule has 0 aliphatic rings. The maximum absolute atomic E-state index is 13.3. The molecule has 9 heteroatoms. The molecule has 1 unspecified atom stereocenters. The van der Waals surface area contributed by atoms with Crippen LogP contribution in [0.3, 0.4) is 0 Å². The summed E-state index contributed by atoms with van der Waals surface area (Å²) in [4.78, 5) is 12.4. The number of aromatic nitrogens is 3. The molecule has 1 N–H and O–H groups in total. The molecule has 6 nitrogen and oxygen atoms in total. The maximum Gasteiger partial charge on any atom is 0.234 e. The fourth-order valence-electron chi connectivity index (χ4n) is 3.09. The van der Waals surface area contributed by atoms with E-state index < -0.39 is 11.9 Å². The van der Waals surface area contributed by atoms with Crippen molar-refractivity contribution in [3.8, 4) is 5.75 Å². The van der Waals surface area contributed by atoms with Gasteiger partial charge in [-0.3, -0.25) is 4.79 Å². The topological polar surface area (TPSA) is 69.0 Å². The second-order valence-electron chi connectivity index (χ2n) is 6.77. The molecule has 31 heavy (non-hydrogen) atoms. The zero-order valence-electron chi connectivity index (χ0n) is 17.6. The lowest BCUT2D eigenvalue weighted by molar-refractivity contribution is -0.113. The first-order chi connectivity index (χ1) is 14.9. The normalized spacial score (nSPS) is 11.9. The molecular formula is C22H24ClFN4O2S. The Bertz CT molecular complexity index is 1060. The highest BCUT2D eigenvalue weighted by molar-refractivity contribution is 7.99. The first kappa shape index (κ1) is 23.1. The van der Waals surface area contributed by atoms with Crippen LogP contribution in [0.5, 0.6) is 5.75 Å². The molecule has 164 valence electrons. The molecule has 3 rings (SSSR count). The Morgan fingerprint density at radius 1 is 1.26 bits per heavy atom. The molecule has 0 saturated carbocycles. The number of thioether (sulfide) groups is 1. The summed E-state index contributed by atoms with van der Waals surface area (Å²) < 4.78 is 21.0. The second-order valence-corrected chi connectivity index (χ2v) is 8.12. The fourth-order valence-corrected chi connectivity index (χ4v) is 4.11. The van der Waals surface area contributed by atoms with Gasteiger partial charge in [-0.05, 0) is 50.1 Å². The molecule has 1 aromatic heterocycles. The van der Waals surface area contributed by atoms with Gasteiger partial charge >= 0.3 is 0 Å². The highest BCUT2D eigenvalue weighted by atomic mass is 35.5. The molecule has 0 fully saturated rings. The highest BCUT2D eigenvalue weighted by Crippen LogP contribution is 2.30. The Balaban J connectivity index is 1.66. The number of carbonyl (C=O) groups excluding carboxylic acids is 1. The van der Waals surface area contributed by atoms with Crippen molar-refractivity contribution in [2.75, 3.05) is 11.1 Å². The lowest BCUT2D eigenvalue weighted by Gasteiger charge is -2.16. The lowest BCUT2D eigenvalue weighted by atomic mass is 10.1. The van der Waals surface area contributed by atoms with Crippen LogP contribution in [0.2, 0.25) is 5.02 Å². The first-order valence-electron chi connectivity index (χ1n) is 9.98. The van der Waals surface area contributed by atoms with E-state index in [4.69, 9.17) is 16.3 Å². The zero-order valence-corrected chi connectivity index (χ0v) is 19.1. The third-order valence-corrected chi connectivity index (χ3v) is 5.89. The molecule has 0 saturated heterocycles. The standard InChI is InChI=1S/C22H24ClFN4O2S/c1-4-15-8-6-7-9-18(15)25-20(29)13-31-22-27-26-21(28(22)5-2)14(3)30-19-11-10-16(24)12-17(19)23/h6-12,14H,4-5,13H2,1-3H3,(H,25,29). The minimum absolute atomic E-state index is 0.111. The van der Waals surface area contributed by atoms with Crippen LogP contribution in [0.1, 0.15) is 38.3 Å². The number of nitrogens with zero attached hydrogens (tertiary/aromatic N) is 3. The van der Waals surface area contributed by atoms with Gasteiger partial charge in [0.25, 0.3) is 0 Å². The Hall–Kier alpha value is -2.58. The third kappa shape index (κ3) is 5.77. The Morgan fingerprint density at radius 2 is 2.03 bits per heavy atom. The SMILES string of the molecule is CCc1ccccc1NC(=O)CSc1nnc(C(C)Oc2ccc(F)cc2Cl)n1CC. The summed E-state index contributed by atoms with van der Waals surface area (Å²) in [7, 11) is 0. The highest BCUT2D eigenvalue weighted by Gasteiger charge is 2.20. The number of rotatable bonds is 9. The predicted octanol–water partition coefficient (Wildman–Crippen LogP) is 5.52. The van der Waals surface area contributed by atoms with Crippen molar-refractivity contribution in [1.82, 2.24) is 14.8 Å². The molecule has 0 bridgehead atoms. The number of amides is 1. The Kier molecular flexibility index (Phi) is 7.92. The van der Waals surface area contributed by atoms with Gasteiger partial charge in [-0.15, -0.1) is 10.2 Å². The van der Waals surface area contributed by atoms with E-state index in [1.165, 1.54) is 30.0 Å². The molecule has 0 aliphatic heterocycles. The minimum Gasteiger partial charge on any atom is -0.481 e. The van der Waals surface area contributed by atoms with Crippen LogP contribution in [-0.4, -0.2) is 26.4 Å². The molecule has 1 amide bonds. The van der Waals surface area contributed by atoms with Crippen molar-refractivity contribution in [3.63, 3.8) is 0 Å². The molecular weight excluding hydrogens is 439 g/mol. The van der Waals surface area contributed by atoms with E-state index in [1.807, 2.05) is 49.6 Å². The lowest BCUT2D eigenvalue weighted by Crippen LogP contribution is -2.16. The van der Waals surface area contributed by atoms with Gasteiger partial charge in [-0.25, -0.2) is 4.39 Å². The van der Waals surface area contributed by atoms with Crippen LogP contribution >= 0.6 is 23.4 Å². The van der Waals surface area contributed by atoms with Crippen LogP contribution < -0.4 is 10.1 Å². The van der Waals surface area contributed by atoms with Crippen molar-refractivity contribution in [2.24, 2.45) is 0 Å². The number of nitrogens with one attached hydrogen (secondary N) is 1. The Morgan fingerprint density at radius 3 is 2.74 bits per heavy atom. The summed E-state index contributed by atoms with van der Waals surface area (Å²) >= 11 is 7.36. The van der Waals surface area contributed by atoms with Gasteiger partial charge in [0.05, 0.1) is 10.8 Å². The maximum atomic E-state index is 13.3. The summed E-state index contributed by atoms with van der Waals surface area (Å²) in [5, 5.41) is 12.2. The number of aryl methyl sites for hydroxylation is 1. The minimum atomic E-state index is -0.463. The van der Waals surface area contributed by atoms with E-state index in [1.54, 1.807) is 0 Å². The van der Waals surface area contributed by atoms with Gasteiger partial charge in [0, 0.05) is 12.2 Å². The molecule has 3 aromatic rings. The number of anilines is 1. The van der Waals surface area contributed by atoms with Crippen molar-refractivity contribution < 1.29 is 13.9 Å². The van der Waals surface area contributed by atoms with Gasteiger partial charge in [0.15, 0.2) is 17.1 Å². The molecule has 0 aliphatic carbocycles. The van der Waals surface area contributed by atoms with Crippen LogP contribution in [0.25, 0.3) is 0 Å². The van der Waals surface area contributed by atoms with E-state index in [2.05, 4.69) is 15.5 Å². The van der Waals surface area contributed by atoms with Gasteiger partial charge in [-0.1, -0.05) is 48.5 Å². The molecule has 1 heterocycles. The zero-order chi connectivity index (χ0) is 22.4. The summed E-state index contributed by atoms with van der Waals surface area (Å²) in [6, 6.07) is 11.7. The van der Waals surface area contributed by atoms with Crippen LogP contribution in [0.4, 0.5) is 10.1 Å². The predicted molar refractivity (Wildman–Crippen MR) is 121 cm³/mol. The van der Waals surface area contributed by atoms with Gasteiger partial charge < -0.3 is 14.6 Å². The number of hydrogen-bond acceptors (Lipinski definition) is 5. The van der Waals surface area contributed by atoms with E-state index in [0.717, 1.165) is 17.7 Å². The van der Waals surface area contributed by atoms with E-state index in [0.29, 0.717) is 23.3 Å². The fraction of sp³-hybridized carbons (Fsp3) is 0.318. The number of ether oxygens (including phenoxy) is 1. The largest absolute Gasteiger partial charge is 0.481 e. The monoisotopic (exact) mass is 462 g/mol. The number of halogens is 2. The number of hydrogen-bond donors (Lipinski definition) is 1. The van der Waals surface area contributed by atoms with Gasteiger partial charge in [0.1, 0.15) is 11.6 Å². The van der Waals surface area contributed by atoms with Gasteiger partial charge in [-0.2, -0.15) is 0 Å². The van der Waals surface area contributed by atoms with Crippen LogP contribution in [0.15, 0.2) is 47.6 Å². The molecule has 0 spiro atoms. The summed E-state index contributed by atoms with van der Waals surface area (Å²) in [6.45, 7) is 6.44. The first-order valence-corrected chi connectivity index (χ1v) is 11.3. The molecule has 2 aromatic carbocycles. The quantitative estimate of drug-likeness (QED) is 0.424. The van der Waals surface area contributed by atoms with Gasteiger partial charge in [0.2, 0.25) is 5.91 Å². The molecule has 1 atom stereocenters. The number of benzene rings is 2. The number of carbonyl (C=O) groups is 1. The van der Waals surface area contributed by atoms with Crippen molar-refractivity contribution in [3.05, 3.63) is 64.7 Å². The molecule has 0 radical (unpaired) electrons. The summed E-state index contributed by atoms with van der Waals surface area (Å²) in [5.74, 6) is 0.627. The summed E-state index contributed by atoms with van der Waals surface area (Å²) in [6.07, 6.45) is 0.377. The number of para-hydroxylation sites is 1. The van der Waals surface area contributed by atoms with Crippen molar-refractivity contribution in [1.29, 1.82) is 0 Å². The average Bonchev–Trinajstić information content (AvgIpc) is 3.17. The van der Waals surface area contributed by atoms with Crippen LogP contribution in [-0.2, 0) is 17.8 Å². The van der Waals surface area contributed by atoms with E-state index in [-0.39, 0.29) is 16.7 Å².